The van der Waals surface area contributed by atoms with Gasteiger partial charge in [-0.05, 0) is 0 Å². The van der Waals surface area contributed by atoms with Gasteiger partial charge in [-0.25, -0.2) is 0 Å². The van der Waals surface area contributed by atoms with Gasteiger partial charge in [0.1, 0.15) is 13.5 Å². The Morgan fingerprint density at radius 2 is 1.56 bits per heavy atom. The van der Waals surface area contributed by atoms with Gasteiger partial charge < -0.3 is 29.0 Å². The number of nitrogens with one attached hydrogen (secondary N) is 1. The Labute approximate surface area is 107 Å². The lowest BCUT2D eigenvalue weighted by molar-refractivity contribution is -0.0229. The smallest absolute Gasteiger partial charge is 0.203 e. The van der Waals surface area contributed by atoms with Crippen molar-refractivity contribution < 1.29 is 23.7 Å². The second-order valence-electron chi connectivity index (χ2n) is 3.35. The Hall–Kier alpha value is -1.66. The zero-order valence-electron chi connectivity index (χ0n) is 11.1. The van der Waals surface area contributed by atoms with Gasteiger partial charge in [0, 0.05) is 24.9 Å². The van der Waals surface area contributed by atoms with Crippen LogP contribution in [0.25, 0.3) is 0 Å². The highest BCUT2D eigenvalue weighted by Gasteiger charge is 2.12. The van der Waals surface area contributed by atoms with E-state index in [1.54, 1.807) is 40.6 Å². The van der Waals surface area contributed by atoms with Crippen molar-refractivity contribution in [2.45, 2.75) is 0 Å². The molecule has 0 heterocycles. The van der Waals surface area contributed by atoms with Crippen molar-refractivity contribution in [3.63, 3.8) is 0 Å². The van der Waals surface area contributed by atoms with E-state index < -0.39 is 0 Å². The van der Waals surface area contributed by atoms with Crippen LogP contribution in [-0.2, 0) is 9.47 Å². The van der Waals surface area contributed by atoms with Crippen LogP contribution in [-0.4, -0.2) is 42.0 Å². The van der Waals surface area contributed by atoms with Crippen LogP contribution in [0.5, 0.6) is 17.2 Å². The molecule has 0 unspecified atom stereocenters. The third-order valence-corrected chi connectivity index (χ3v) is 2.24. The number of ether oxygens (including phenoxy) is 5. The summed E-state index contributed by atoms with van der Waals surface area (Å²) in [7, 11) is 6.28. The highest BCUT2D eigenvalue weighted by molar-refractivity contribution is 5.62. The lowest BCUT2D eigenvalue weighted by atomic mass is 10.2. The van der Waals surface area contributed by atoms with E-state index in [2.05, 4.69) is 5.32 Å². The zero-order valence-corrected chi connectivity index (χ0v) is 11.1. The van der Waals surface area contributed by atoms with Crippen LogP contribution in [0.15, 0.2) is 12.1 Å². The fraction of sp³-hybridized carbons (Fsp3) is 0.500. The maximum Gasteiger partial charge on any atom is 0.203 e. The van der Waals surface area contributed by atoms with Gasteiger partial charge in [0.25, 0.3) is 0 Å². The molecule has 0 aliphatic carbocycles. The standard InChI is InChI=1S/C12H19NO5/c1-14-8-18-7-13-9-5-10(15-2)12(17-4)11(6-9)16-3/h5-6,13H,7-8H2,1-4H3. The lowest BCUT2D eigenvalue weighted by Gasteiger charge is -2.15. The number of hydrogen-bond acceptors (Lipinski definition) is 6. The molecule has 0 saturated carbocycles. The molecule has 6 nitrogen and oxygen atoms in total. The summed E-state index contributed by atoms with van der Waals surface area (Å²) in [4.78, 5) is 0. The van der Waals surface area contributed by atoms with Crippen LogP contribution >= 0.6 is 0 Å². The van der Waals surface area contributed by atoms with Crippen LogP contribution in [0.4, 0.5) is 5.69 Å². The molecule has 0 spiro atoms. The molecule has 1 rings (SSSR count). The first-order valence-electron chi connectivity index (χ1n) is 5.37. The Kier molecular flexibility index (Phi) is 6.10. The summed E-state index contributed by atoms with van der Waals surface area (Å²) in [5.74, 6) is 1.74. The second kappa shape index (κ2) is 7.62. The van der Waals surface area contributed by atoms with Gasteiger partial charge in [0.05, 0.1) is 21.3 Å². The normalized spacial score (nSPS) is 10.0. The van der Waals surface area contributed by atoms with Crippen molar-refractivity contribution in [1.29, 1.82) is 0 Å². The van der Waals surface area contributed by atoms with Crippen molar-refractivity contribution in [1.82, 2.24) is 0 Å². The topological polar surface area (TPSA) is 58.2 Å². The van der Waals surface area contributed by atoms with Gasteiger partial charge in [-0.3, -0.25) is 0 Å². The summed E-state index contributed by atoms with van der Waals surface area (Å²) in [6.45, 7) is 0.559. The molecule has 0 bridgehead atoms. The molecule has 0 aliphatic rings. The van der Waals surface area contributed by atoms with Gasteiger partial charge in [0.2, 0.25) is 5.75 Å². The first-order valence-corrected chi connectivity index (χ1v) is 5.37. The number of rotatable bonds is 8. The summed E-state index contributed by atoms with van der Waals surface area (Å²) >= 11 is 0. The van der Waals surface area contributed by atoms with E-state index in [9.17, 15) is 0 Å². The fourth-order valence-electron chi connectivity index (χ4n) is 1.44. The van der Waals surface area contributed by atoms with Crippen LogP contribution in [0, 0.1) is 0 Å². The quantitative estimate of drug-likeness (QED) is 0.565. The number of methoxy groups -OCH3 is 4. The molecular weight excluding hydrogens is 238 g/mol. The predicted molar refractivity (Wildman–Crippen MR) is 67.5 cm³/mol. The summed E-state index contributed by atoms with van der Waals surface area (Å²) in [5.41, 5.74) is 0.806. The summed E-state index contributed by atoms with van der Waals surface area (Å²) in [6, 6.07) is 3.61. The average molecular weight is 257 g/mol. The Balaban J connectivity index is 2.80. The van der Waals surface area contributed by atoms with Gasteiger partial charge >= 0.3 is 0 Å². The lowest BCUT2D eigenvalue weighted by Crippen LogP contribution is -2.08. The third kappa shape index (κ3) is 3.68. The molecule has 102 valence electrons. The van der Waals surface area contributed by atoms with E-state index in [1.807, 2.05) is 0 Å². The Morgan fingerprint density at radius 1 is 0.944 bits per heavy atom. The van der Waals surface area contributed by atoms with Crippen molar-refractivity contribution >= 4 is 5.69 Å². The first kappa shape index (κ1) is 14.4. The molecule has 0 saturated heterocycles. The Bertz CT molecular complexity index is 344. The minimum absolute atomic E-state index is 0.234. The molecular formula is C12H19NO5. The van der Waals surface area contributed by atoms with Gasteiger partial charge in [-0.15, -0.1) is 0 Å². The molecule has 0 radical (unpaired) electrons. The van der Waals surface area contributed by atoms with Crippen molar-refractivity contribution in [3.8, 4) is 17.2 Å². The summed E-state index contributed by atoms with van der Waals surface area (Å²) < 4.78 is 25.6. The Morgan fingerprint density at radius 3 is 2.00 bits per heavy atom. The molecule has 1 aromatic rings. The molecule has 1 N–H and O–H groups in total. The van der Waals surface area contributed by atoms with Crippen molar-refractivity contribution in [2.24, 2.45) is 0 Å². The van der Waals surface area contributed by atoms with Gasteiger partial charge in [-0.1, -0.05) is 0 Å². The SMILES string of the molecule is COCOCNc1cc(OC)c(OC)c(OC)c1. The predicted octanol–water partition coefficient (Wildman–Crippen LogP) is 1.70. The monoisotopic (exact) mass is 257 g/mol. The first-order chi connectivity index (χ1) is 8.76. The third-order valence-electron chi connectivity index (χ3n) is 2.24. The fourth-order valence-corrected chi connectivity index (χ4v) is 1.44. The van der Waals surface area contributed by atoms with Crippen molar-refractivity contribution in [3.05, 3.63) is 12.1 Å². The molecule has 18 heavy (non-hydrogen) atoms. The maximum atomic E-state index is 5.24. The molecule has 0 aromatic heterocycles. The van der Waals surface area contributed by atoms with E-state index in [-0.39, 0.29) is 6.79 Å². The van der Waals surface area contributed by atoms with Crippen LogP contribution in [0.3, 0.4) is 0 Å². The maximum absolute atomic E-state index is 5.24. The van der Waals surface area contributed by atoms with E-state index in [4.69, 9.17) is 23.7 Å². The molecule has 0 atom stereocenters. The van der Waals surface area contributed by atoms with E-state index in [1.165, 1.54) is 0 Å². The molecule has 1 aromatic carbocycles. The molecule has 0 fully saturated rings. The van der Waals surface area contributed by atoms with Crippen LogP contribution in [0.1, 0.15) is 0 Å². The molecule has 0 amide bonds. The second-order valence-corrected chi connectivity index (χ2v) is 3.35. The number of anilines is 1. The highest BCUT2D eigenvalue weighted by Crippen LogP contribution is 2.39. The summed E-state index contributed by atoms with van der Waals surface area (Å²) in [6.07, 6.45) is 0. The largest absolute Gasteiger partial charge is 0.493 e. The molecule has 6 heteroatoms. The zero-order chi connectivity index (χ0) is 13.4. The van der Waals surface area contributed by atoms with E-state index in [0.29, 0.717) is 24.0 Å². The number of benzene rings is 1. The van der Waals surface area contributed by atoms with Gasteiger partial charge in [-0.2, -0.15) is 0 Å². The van der Waals surface area contributed by atoms with E-state index in [0.717, 1.165) is 5.69 Å². The van der Waals surface area contributed by atoms with Crippen LogP contribution < -0.4 is 19.5 Å². The highest BCUT2D eigenvalue weighted by atomic mass is 16.7. The average Bonchev–Trinajstić information content (AvgIpc) is 2.42. The minimum Gasteiger partial charge on any atom is -0.493 e. The van der Waals surface area contributed by atoms with E-state index >= 15 is 0 Å². The minimum atomic E-state index is 0.234. The molecule has 0 aliphatic heterocycles. The van der Waals surface area contributed by atoms with Crippen LogP contribution in [0.2, 0.25) is 0 Å². The van der Waals surface area contributed by atoms with Crippen molar-refractivity contribution in [2.75, 3.05) is 47.3 Å². The number of hydrogen-bond donors (Lipinski definition) is 1. The summed E-state index contributed by atoms with van der Waals surface area (Å²) in [5, 5.41) is 3.06. The van der Waals surface area contributed by atoms with Gasteiger partial charge in [0.15, 0.2) is 11.5 Å².